The number of rotatable bonds is 15. The van der Waals surface area contributed by atoms with Crippen LogP contribution < -0.4 is 16.0 Å². The zero-order valence-electron chi connectivity index (χ0n) is 28.9. The summed E-state index contributed by atoms with van der Waals surface area (Å²) in [4.78, 5) is 101. The van der Waals surface area contributed by atoms with E-state index in [1.165, 1.54) is 45.7 Å². The van der Waals surface area contributed by atoms with E-state index in [2.05, 4.69) is 22.0 Å². The Morgan fingerprint density at radius 3 is 1.88 bits per heavy atom. The van der Waals surface area contributed by atoms with Crippen molar-refractivity contribution in [3.05, 3.63) is 35.4 Å². The van der Waals surface area contributed by atoms with Gasteiger partial charge < -0.3 is 20.9 Å². The molecule has 0 spiro atoms. The summed E-state index contributed by atoms with van der Waals surface area (Å²) in [7, 11) is 0. The van der Waals surface area contributed by atoms with E-state index in [1.54, 1.807) is 30.5 Å². The Kier molecular flexibility index (Phi) is 14.9. The quantitative estimate of drug-likeness (QED) is 0.133. The zero-order chi connectivity index (χ0) is 37.2. The molecule has 1 aromatic rings. The molecule has 4 aliphatic rings. The maximum Gasteiger partial charge on any atom is 0.325 e. The Balaban J connectivity index is 0.000000229. The molecule has 1 aromatic carbocycles. The number of hydrogen-bond acceptors (Lipinski definition) is 12. The van der Waals surface area contributed by atoms with Gasteiger partial charge in [0, 0.05) is 45.6 Å². The van der Waals surface area contributed by atoms with Crippen molar-refractivity contribution in [2.24, 2.45) is 0 Å². The van der Waals surface area contributed by atoms with Gasteiger partial charge in [0.1, 0.15) is 5.37 Å². The highest BCUT2D eigenvalue weighted by Crippen LogP contribution is 2.37. The smallest absolute Gasteiger partial charge is 0.325 e. The molecule has 0 aliphatic carbocycles. The molecule has 0 radical (unpaired) electrons. The first-order chi connectivity index (χ1) is 24.4. The van der Waals surface area contributed by atoms with E-state index in [4.69, 9.17) is 0 Å². The topological polar surface area (TPSA) is 186 Å². The molecule has 5 rings (SSSR count). The highest BCUT2D eigenvalue weighted by molar-refractivity contribution is 8.00. The summed E-state index contributed by atoms with van der Waals surface area (Å²) in [5, 5.41) is 6.49. The zero-order valence-corrected chi connectivity index (χ0v) is 32.1. The normalized spacial score (nSPS) is 23.0. The molecule has 0 bridgehead atoms. The predicted molar refractivity (Wildman–Crippen MR) is 199 cm³/mol. The average Bonchev–Trinajstić information content (AvgIpc) is 3.68. The minimum atomic E-state index is -0.544. The molecule has 0 aromatic heterocycles. The second-order valence-electron chi connectivity index (χ2n) is 11.8. The molecule has 3 saturated heterocycles. The molecule has 0 saturated carbocycles. The van der Waals surface area contributed by atoms with E-state index in [0.717, 1.165) is 15.4 Å². The summed E-state index contributed by atoms with van der Waals surface area (Å²) in [5.74, 6) is -1.15. The van der Waals surface area contributed by atoms with E-state index in [1.807, 2.05) is 29.4 Å². The Bertz CT molecular complexity index is 1530. The summed E-state index contributed by atoms with van der Waals surface area (Å²) in [5.41, 5.74) is 2.26. The number of amides is 10. The number of urea groups is 2. The molecule has 4 unspecified atom stereocenters. The molecular formula is C32H43N7O8S4. The number of imide groups is 3. The Labute approximate surface area is 313 Å². The van der Waals surface area contributed by atoms with Crippen molar-refractivity contribution in [3.63, 3.8) is 0 Å². The number of hydrogen-bond donors (Lipinski definition) is 3. The van der Waals surface area contributed by atoms with Crippen LogP contribution >= 0.6 is 47.0 Å². The summed E-state index contributed by atoms with van der Waals surface area (Å²) < 4.78 is 0. The lowest BCUT2D eigenvalue weighted by atomic mass is 9.99. The number of carbonyl (C=O) groups is 8. The molecule has 19 heteroatoms. The van der Waals surface area contributed by atoms with Gasteiger partial charge in [-0.15, -0.1) is 35.3 Å². The third kappa shape index (κ3) is 9.72. The van der Waals surface area contributed by atoms with Crippen molar-refractivity contribution in [1.82, 2.24) is 35.6 Å². The molecule has 51 heavy (non-hydrogen) atoms. The predicted octanol–water partition coefficient (Wildman–Crippen LogP) is 1.68. The van der Waals surface area contributed by atoms with Gasteiger partial charge in [0.05, 0.1) is 11.7 Å². The third-order valence-corrected chi connectivity index (χ3v) is 12.1. The molecule has 278 valence electrons. The van der Waals surface area contributed by atoms with Gasteiger partial charge in [0.15, 0.2) is 10.7 Å². The van der Waals surface area contributed by atoms with Crippen molar-refractivity contribution in [2.45, 2.75) is 53.5 Å². The molecule has 3 fully saturated rings. The van der Waals surface area contributed by atoms with Crippen molar-refractivity contribution in [3.8, 4) is 0 Å². The van der Waals surface area contributed by atoms with Gasteiger partial charge in [0.2, 0.25) is 23.6 Å². The lowest BCUT2D eigenvalue weighted by molar-refractivity contribution is -0.139. The lowest BCUT2D eigenvalue weighted by Gasteiger charge is -2.36. The number of benzene rings is 1. The van der Waals surface area contributed by atoms with E-state index >= 15 is 0 Å². The van der Waals surface area contributed by atoms with Crippen molar-refractivity contribution >= 4 is 94.6 Å². The first-order valence-corrected chi connectivity index (χ1v) is 21.4. The van der Waals surface area contributed by atoms with E-state index in [0.29, 0.717) is 38.9 Å². The maximum absolute atomic E-state index is 12.5. The number of carbonyl (C=O) groups excluding carboxylic acids is 8. The van der Waals surface area contributed by atoms with Crippen molar-refractivity contribution < 1.29 is 38.4 Å². The average molecular weight is 782 g/mol. The van der Waals surface area contributed by atoms with Gasteiger partial charge in [0.25, 0.3) is 11.8 Å². The van der Waals surface area contributed by atoms with Crippen LogP contribution in [0.1, 0.15) is 42.2 Å². The number of likely N-dealkylation sites (tertiary alicyclic amines) is 1. The fourth-order valence-corrected chi connectivity index (χ4v) is 8.66. The van der Waals surface area contributed by atoms with Crippen LogP contribution in [0.4, 0.5) is 9.59 Å². The van der Waals surface area contributed by atoms with Gasteiger partial charge in [-0.2, -0.15) is 11.8 Å². The van der Waals surface area contributed by atoms with Crippen molar-refractivity contribution in [1.29, 1.82) is 0 Å². The van der Waals surface area contributed by atoms with Crippen LogP contribution in [0.2, 0.25) is 0 Å². The molecule has 4 atom stereocenters. The number of thioether (sulfide) groups is 4. The van der Waals surface area contributed by atoms with Crippen LogP contribution in [-0.4, -0.2) is 141 Å². The van der Waals surface area contributed by atoms with Crippen LogP contribution in [0.25, 0.3) is 0 Å². The van der Waals surface area contributed by atoms with Crippen LogP contribution in [0.15, 0.2) is 24.3 Å². The molecule has 4 heterocycles. The fourth-order valence-electron chi connectivity index (χ4n) is 5.96. The number of nitrogens with zero attached hydrogens (tertiary/aromatic N) is 4. The second kappa shape index (κ2) is 18.9. The van der Waals surface area contributed by atoms with Gasteiger partial charge in [-0.05, 0) is 49.0 Å². The third-order valence-electron chi connectivity index (χ3n) is 8.65. The molecule has 4 aliphatic heterocycles. The Morgan fingerprint density at radius 2 is 1.33 bits per heavy atom. The number of fused-ring (bicyclic) bond motifs is 1. The highest BCUT2D eigenvalue weighted by atomic mass is 32.2. The van der Waals surface area contributed by atoms with Gasteiger partial charge in [-0.1, -0.05) is 24.3 Å². The monoisotopic (exact) mass is 781 g/mol. The minimum absolute atomic E-state index is 0.0144. The van der Waals surface area contributed by atoms with Gasteiger partial charge in [-0.25, -0.2) is 9.59 Å². The van der Waals surface area contributed by atoms with Crippen molar-refractivity contribution in [2.75, 3.05) is 57.7 Å². The maximum atomic E-state index is 12.5. The Morgan fingerprint density at radius 1 is 0.725 bits per heavy atom. The first-order valence-electron chi connectivity index (χ1n) is 16.3. The molecule has 10 amide bonds. The van der Waals surface area contributed by atoms with Crippen LogP contribution in [0.3, 0.4) is 0 Å². The SMILES string of the molecule is CSC1CC(=O)N(CCC(=O)NCCCN2C(=O)NC(SC)C2=O)C1=O.CSC1NC(=O)N(CCCN2C(=O)Cc3ccccc3C2SC)C1=O. The molecular weight excluding hydrogens is 739 g/mol. The van der Waals surface area contributed by atoms with Gasteiger partial charge >= 0.3 is 12.1 Å². The van der Waals surface area contributed by atoms with Crippen LogP contribution in [0, 0.1) is 0 Å². The standard InChI is InChI=1S/C17H21N3O3S2.C15H22N4O5S2/c1-24-14-15(22)20(17(23)18-14)9-5-8-19-13(21)10-11-6-3-4-7-12(11)16(19)25-2;1-25-9-8-11(21)18(13(9)22)7-4-10(20)16-5-3-6-19-14(23)12(26-2)17-15(19)24/h3-4,6-7,14,16H,5,8-10H2,1-2H3,(H,18,23);9,12H,3-8H2,1-2H3,(H,16,20)(H,17,24). The highest BCUT2D eigenvalue weighted by Gasteiger charge is 2.39. The lowest BCUT2D eigenvalue weighted by Crippen LogP contribution is -2.41. The summed E-state index contributed by atoms with van der Waals surface area (Å²) in [6.45, 7) is 1.45. The summed E-state index contributed by atoms with van der Waals surface area (Å²) in [6.07, 6.45) is 8.94. The Hall–Kier alpha value is -3.42. The van der Waals surface area contributed by atoms with E-state index < -0.39 is 16.8 Å². The van der Waals surface area contributed by atoms with E-state index in [9.17, 15) is 38.4 Å². The van der Waals surface area contributed by atoms with Crippen LogP contribution in [0.5, 0.6) is 0 Å². The molecule has 3 N–H and O–H groups in total. The summed E-state index contributed by atoms with van der Waals surface area (Å²) >= 11 is 5.54. The molecule has 15 nitrogen and oxygen atoms in total. The van der Waals surface area contributed by atoms with E-state index in [-0.39, 0.29) is 78.0 Å². The van der Waals surface area contributed by atoms with Crippen LogP contribution in [-0.2, 0) is 35.2 Å². The van der Waals surface area contributed by atoms with Gasteiger partial charge in [-0.3, -0.25) is 43.5 Å². The summed E-state index contributed by atoms with van der Waals surface area (Å²) in [6, 6.07) is 7.25. The number of nitrogens with one attached hydrogen (secondary N) is 3. The fraction of sp³-hybridized carbons (Fsp3) is 0.562. The minimum Gasteiger partial charge on any atom is -0.356 e. The first kappa shape index (κ1) is 40.4. The largest absolute Gasteiger partial charge is 0.356 e. The second-order valence-corrected chi connectivity index (χ2v) is 15.6.